The largest absolute Gasteiger partial charge is 0.457 e. The van der Waals surface area contributed by atoms with Gasteiger partial charge in [0.1, 0.15) is 11.5 Å². The molecule has 2 aromatic rings. The van der Waals surface area contributed by atoms with E-state index in [2.05, 4.69) is 27.9 Å². The maximum absolute atomic E-state index is 12.4. The summed E-state index contributed by atoms with van der Waals surface area (Å²) in [6.07, 6.45) is 0.591. The molecule has 1 heterocycles. The topological polar surface area (TPSA) is 78.0 Å². The van der Waals surface area contributed by atoms with Crippen molar-refractivity contribution in [2.45, 2.75) is 32.7 Å². The van der Waals surface area contributed by atoms with Crippen LogP contribution in [0.1, 0.15) is 20.3 Å². The van der Waals surface area contributed by atoms with Crippen LogP contribution in [0.2, 0.25) is 0 Å². The van der Waals surface area contributed by atoms with Crippen molar-refractivity contribution in [2.75, 3.05) is 18.9 Å². The lowest BCUT2D eigenvalue weighted by atomic mass is 10.2. The lowest BCUT2D eigenvalue weighted by molar-refractivity contribution is 0.125. The van der Waals surface area contributed by atoms with Gasteiger partial charge in [0.25, 0.3) is 0 Å². The quantitative estimate of drug-likeness (QED) is 0.714. The molecular weight excluding hydrogens is 354 g/mol. The molecule has 0 aromatic heterocycles. The first-order chi connectivity index (χ1) is 13.5. The second kappa shape index (κ2) is 9.34. The molecule has 0 saturated carbocycles. The molecule has 1 aliphatic heterocycles. The Bertz CT molecular complexity index is 807. The predicted octanol–water partition coefficient (Wildman–Crippen LogP) is 3.62. The van der Waals surface area contributed by atoms with Crippen LogP contribution in [-0.4, -0.2) is 42.7 Å². The Labute approximate surface area is 165 Å². The Balaban J connectivity index is 1.56. The minimum atomic E-state index is -0.404. The Morgan fingerprint density at radius 2 is 1.82 bits per heavy atom. The van der Waals surface area contributed by atoms with Crippen molar-refractivity contribution in [3.8, 4) is 11.5 Å². The fourth-order valence-electron chi connectivity index (χ4n) is 3.05. The van der Waals surface area contributed by atoms with Gasteiger partial charge in [0.05, 0.1) is 6.17 Å². The van der Waals surface area contributed by atoms with E-state index in [0.29, 0.717) is 11.4 Å². The zero-order valence-electron chi connectivity index (χ0n) is 16.5. The van der Waals surface area contributed by atoms with E-state index < -0.39 is 6.29 Å². The number of benzene rings is 2. The standard InChI is InChI=1S/C21H27N5O2/c1-4-22-19-14-15(2)23-20(26(19)3)25-21(27)24-16-10-12-18(13-11-16)28-17-8-6-5-7-9-17/h5-13,19-20,22H,4,14H2,1-3H3,(H2,24,25,27). The Hall–Kier alpha value is -2.90. The number of para-hydroxylation sites is 1. The van der Waals surface area contributed by atoms with Crippen molar-refractivity contribution >= 4 is 17.4 Å². The van der Waals surface area contributed by atoms with E-state index in [1.807, 2.05) is 61.3 Å². The number of nitrogens with zero attached hydrogens (tertiary/aromatic N) is 2. The molecule has 0 spiro atoms. The van der Waals surface area contributed by atoms with Gasteiger partial charge in [-0.1, -0.05) is 25.1 Å². The van der Waals surface area contributed by atoms with Crippen LogP contribution in [0.25, 0.3) is 0 Å². The summed E-state index contributed by atoms with van der Waals surface area (Å²) in [5.74, 6) is 1.47. The van der Waals surface area contributed by atoms with Crippen molar-refractivity contribution in [3.05, 3.63) is 54.6 Å². The number of hydrogen-bond donors (Lipinski definition) is 3. The number of anilines is 1. The average molecular weight is 381 g/mol. The molecule has 3 rings (SSSR count). The third-order valence-electron chi connectivity index (χ3n) is 4.50. The molecule has 28 heavy (non-hydrogen) atoms. The number of aliphatic imine (C=N–C) groups is 1. The second-order valence-corrected chi connectivity index (χ2v) is 6.72. The highest BCUT2D eigenvalue weighted by atomic mass is 16.5. The van der Waals surface area contributed by atoms with Gasteiger partial charge in [-0.15, -0.1) is 0 Å². The number of rotatable bonds is 6. The normalized spacial score (nSPS) is 19.6. The van der Waals surface area contributed by atoms with Crippen molar-refractivity contribution in [1.29, 1.82) is 0 Å². The zero-order valence-corrected chi connectivity index (χ0v) is 16.5. The Morgan fingerprint density at radius 3 is 2.50 bits per heavy atom. The highest BCUT2D eigenvalue weighted by Gasteiger charge is 2.28. The highest BCUT2D eigenvalue weighted by Crippen LogP contribution is 2.22. The first kappa shape index (κ1) is 19.9. The van der Waals surface area contributed by atoms with Crippen molar-refractivity contribution in [3.63, 3.8) is 0 Å². The van der Waals surface area contributed by atoms with Crippen LogP contribution < -0.4 is 20.7 Å². The van der Waals surface area contributed by atoms with Gasteiger partial charge < -0.3 is 20.7 Å². The maximum Gasteiger partial charge on any atom is 0.321 e. The molecule has 7 heteroatoms. The van der Waals surface area contributed by atoms with Crippen LogP contribution in [0.4, 0.5) is 10.5 Å². The number of carbonyl (C=O) groups excluding carboxylic acids is 1. The van der Waals surface area contributed by atoms with Gasteiger partial charge in [-0.3, -0.25) is 9.89 Å². The molecular formula is C21H27N5O2. The summed E-state index contributed by atoms with van der Waals surface area (Å²) in [7, 11) is 1.95. The van der Waals surface area contributed by atoms with Gasteiger partial charge >= 0.3 is 6.03 Å². The third kappa shape index (κ3) is 5.31. The molecule has 0 bridgehead atoms. The van der Waals surface area contributed by atoms with Crippen LogP contribution in [0, 0.1) is 0 Å². The first-order valence-corrected chi connectivity index (χ1v) is 9.44. The van der Waals surface area contributed by atoms with Crippen LogP contribution in [0.3, 0.4) is 0 Å². The molecule has 148 valence electrons. The van der Waals surface area contributed by atoms with Gasteiger partial charge in [0, 0.05) is 17.8 Å². The SMILES string of the molecule is CCNC1CC(C)=NC(NC(=O)Nc2ccc(Oc3ccccc3)cc2)N1C. The van der Waals surface area contributed by atoms with Crippen molar-refractivity contribution in [2.24, 2.45) is 4.99 Å². The first-order valence-electron chi connectivity index (χ1n) is 9.44. The maximum atomic E-state index is 12.4. The van der Waals surface area contributed by atoms with Crippen LogP contribution in [0.5, 0.6) is 11.5 Å². The molecule has 0 radical (unpaired) electrons. The molecule has 3 N–H and O–H groups in total. The predicted molar refractivity (Wildman–Crippen MR) is 112 cm³/mol. The second-order valence-electron chi connectivity index (χ2n) is 6.72. The summed E-state index contributed by atoms with van der Waals surface area (Å²) < 4.78 is 5.76. The number of urea groups is 1. The van der Waals surface area contributed by atoms with E-state index in [1.54, 1.807) is 12.1 Å². The monoisotopic (exact) mass is 381 g/mol. The lowest BCUT2D eigenvalue weighted by Gasteiger charge is -2.37. The van der Waals surface area contributed by atoms with Crippen LogP contribution >= 0.6 is 0 Å². The van der Waals surface area contributed by atoms with E-state index in [0.717, 1.165) is 24.4 Å². The van der Waals surface area contributed by atoms with E-state index in [4.69, 9.17) is 4.74 Å². The molecule has 1 aliphatic rings. The molecule has 2 atom stereocenters. The number of nitrogens with one attached hydrogen (secondary N) is 3. The summed E-state index contributed by atoms with van der Waals surface area (Å²) >= 11 is 0. The Kier molecular flexibility index (Phi) is 6.62. The molecule has 2 aromatic carbocycles. The van der Waals surface area contributed by atoms with E-state index in [-0.39, 0.29) is 12.2 Å². The fraction of sp³-hybridized carbons (Fsp3) is 0.333. The number of carbonyl (C=O) groups is 1. The zero-order chi connectivity index (χ0) is 19.9. The van der Waals surface area contributed by atoms with E-state index in [1.165, 1.54) is 0 Å². The molecule has 0 aliphatic carbocycles. The molecule has 0 saturated heterocycles. The minimum absolute atomic E-state index is 0.155. The van der Waals surface area contributed by atoms with Gasteiger partial charge in [-0.25, -0.2) is 4.79 Å². The Morgan fingerprint density at radius 1 is 1.14 bits per heavy atom. The van der Waals surface area contributed by atoms with Crippen molar-refractivity contribution < 1.29 is 9.53 Å². The van der Waals surface area contributed by atoms with Gasteiger partial charge in [0.2, 0.25) is 0 Å². The molecule has 2 unspecified atom stereocenters. The summed E-state index contributed by atoms with van der Waals surface area (Å²) in [5, 5.41) is 9.15. The lowest BCUT2D eigenvalue weighted by Crippen LogP contribution is -2.58. The third-order valence-corrected chi connectivity index (χ3v) is 4.50. The molecule has 0 fully saturated rings. The van der Waals surface area contributed by atoms with Crippen LogP contribution in [-0.2, 0) is 0 Å². The fourth-order valence-corrected chi connectivity index (χ4v) is 3.05. The number of amides is 2. The smallest absolute Gasteiger partial charge is 0.321 e. The highest BCUT2D eigenvalue weighted by molar-refractivity contribution is 5.90. The number of hydrogen-bond acceptors (Lipinski definition) is 5. The number of ether oxygens (including phenoxy) is 1. The molecule has 2 amide bonds. The molecule has 7 nitrogen and oxygen atoms in total. The minimum Gasteiger partial charge on any atom is -0.457 e. The van der Waals surface area contributed by atoms with Gasteiger partial charge in [-0.2, -0.15) is 0 Å². The van der Waals surface area contributed by atoms with E-state index in [9.17, 15) is 4.79 Å². The van der Waals surface area contributed by atoms with Gasteiger partial charge in [0.15, 0.2) is 6.29 Å². The van der Waals surface area contributed by atoms with E-state index >= 15 is 0 Å². The summed E-state index contributed by atoms with van der Waals surface area (Å²) in [4.78, 5) is 19.0. The average Bonchev–Trinajstić information content (AvgIpc) is 2.68. The summed E-state index contributed by atoms with van der Waals surface area (Å²) in [6.45, 7) is 4.91. The summed E-state index contributed by atoms with van der Waals surface area (Å²) in [6, 6.07) is 16.5. The van der Waals surface area contributed by atoms with Crippen LogP contribution in [0.15, 0.2) is 59.6 Å². The van der Waals surface area contributed by atoms with Gasteiger partial charge in [-0.05, 0) is 56.9 Å². The summed E-state index contributed by atoms with van der Waals surface area (Å²) in [5.41, 5.74) is 1.69. The van der Waals surface area contributed by atoms with Crippen molar-refractivity contribution in [1.82, 2.24) is 15.5 Å².